The second kappa shape index (κ2) is 4.29. The van der Waals surface area contributed by atoms with Crippen molar-refractivity contribution < 1.29 is 20.4 Å². The monoisotopic (exact) mass is 270 g/mol. The summed E-state index contributed by atoms with van der Waals surface area (Å²) < 4.78 is 0. The summed E-state index contributed by atoms with van der Waals surface area (Å²) in [7, 11) is 0. The Bertz CT molecular complexity index is 403. The van der Waals surface area contributed by atoms with Crippen molar-refractivity contribution in [3.63, 3.8) is 0 Å². The molecule has 0 radical (unpaired) electrons. The van der Waals surface area contributed by atoms with Gasteiger partial charge in [0, 0.05) is 11.3 Å². The van der Waals surface area contributed by atoms with E-state index in [0.717, 1.165) is 0 Å². The van der Waals surface area contributed by atoms with E-state index in [-0.39, 0.29) is 11.3 Å². The zero-order valence-electron chi connectivity index (χ0n) is 12.2. The molecule has 1 saturated carbocycles. The predicted molar refractivity (Wildman–Crippen MR) is 72.4 cm³/mol. The lowest BCUT2D eigenvalue weighted by atomic mass is 9.46. The van der Waals surface area contributed by atoms with E-state index in [1.54, 1.807) is 13.0 Å². The molecule has 2 rings (SSSR count). The lowest BCUT2D eigenvalue weighted by Gasteiger charge is -2.61. The standard InChI is InChI=1S/C15H26O4/c1-9-5-11(18)12-13(2,3)6-10(17)7-14(12,4)15(9,19)8-16/h5,10-12,16-19H,6-8H2,1-4H3/t10-,11+,12+,14-,15-/m0/s1. The highest BCUT2D eigenvalue weighted by molar-refractivity contribution is 5.30. The number of rotatable bonds is 1. The van der Waals surface area contributed by atoms with Crippen LogP contribution < -0.4 is 0 Å². The Balaban J connectivity index is 2.61. The van der Waals surface area contributed by atoms with Crippen LogP contribution in [0, 0.1) is 16.7 Å². The first-order chi connectivity index (χ1) is 8.58. The molecule has 2 aliphatic carbocycles. The zero-order valence-corrected chi connectivity index (χ0v) is 12.2. The predicted octanol–water partition coefficient (Wildman–Crippen LogP) is 0.834. The van der Waals surface area contributed by atoms with Crippen LogP contribution in [0.2, 0.25) is 0 Å². The van der Waals surface area contributed by atoms with Gasteiger partial charge in [0.05, 0.1) is 18.8 Å². The maximum atomic E-state index is 10.9. The van der Waals surface area contributed by atoms with Crippen LogP contribution in [-0.2, 0) is 0 Å². The quantitative estimate of drug-likeness (QED) is 0.532. The smallest absolute Gasteiger partial charge is 0.114 e. The van der Waals surface area contributed by atoms with Crippen molar-refractivity contribution in [3.8, 4) is 0 Å². The van der Waals surface area contributed by atoms with Gasteiger partial charge >= 0.3 is 0 Å². The highest BCUT2D eigenvalue weighted by Crippen LogP contribution is 2.60. The minimum absolute atomic E-state index is 0.191. The summed E-state index contributed by atoms with van der Waals surface area (Å²) in [6.45, 7) is 7.23. The number of fused-ring (bicyclic) bond motifs is 1. The Morgan fingerprint density at radius 3 is 2.32 bits per heavy atom. The molecule has 0 amide bonds. The van der Waals surface area contributed by atoms with Crippen molar-refractivity contribution in [2.75, 3.05) is 6.61 Å². The first kappa shape index (κ1) is 15.0. The van der Waals surface area contributed by atoms with Gasteiger partial charge in [0.2, 0.25) is 0 Å². The Morgan fingerprint density at radius 2 is 1.79 bits per heavy atom. The molecule has 4 heteroatoms. The van der Waals surface area contributed by atoms with Gasteiger partial charge in [-0.05, 0) is 30.8 Å². The summed E-state index contributed by atoms with van der Waals surface area (Å²) in [6, 6.07) is 0. The van der Waals surface area contributed by atoms with Crippen molar-refractivity contribution in [1.82, 2.24) is 0 Å². The molecule has 0 aromatic heterocycles. The summed E-state index contributed by atoms with van der Waals surface area (Å²) in [5, 5.41) is 41.2. The summed E-state index contributed by atoms with van der Waals surface area (Å²) in [6.07, 6.45) is 1.47. The third-order valence-electron chi connectivity index (χ3n) is 5.54. The molecule has 0 saturated heterocycles. The van der Waals surface area contributed by atoms with E-state index in [2.05, 4.69) is 0 Å². The molecule has 4 N–H and O–H groups in total. The van der Waals surface area contributed by atoms with Crippen LogP contribution in [0.3, 0.4) is 0 Å². The number of hydrogen-bond donors (Lipinski definition) is 4. The second-order valence-electron chi connectivity index (χ2n) is 7.30. The van der Waals surface area contributed by atoms with Gasteiger partial charge in [0.1, 0.15) is 5.60 Å². The molecule has 110 valence electrons. The van der Waals surface area contributed by atoms with Crippen LogP contribution >= 0.6 is 0 Å². The van der Waals surface area contributed by atoms with Crippen LogP contribution in [0.1, 0.15) is 40.5 Å². The van der Waals surface area contributed by atoms with Gasteiger partial charge in [-0.1, -0.05) is 26.8 Å². The average Bonchev–Trinajstić information content (AvgIpc) is 2.22. The SMILES string of the molecule is CC1=C[C@@H](O)[C@@H]2C(C)(C)C[C@H](O)C[C@]2(C)[C@]1(O)CO. The fourth-order valence-corrected chi connectivity index (χ4v) is 4.80. The van der Waals surface area contributed by atoms with Crippen molar-refractivity contribution in [1.29, 1.82) is 0 Å². The fourth-order valence-electron chi connectivity index (χ4n) is 4.80. The van der Waals surface area contributed by atoms with Gasteiger partial charge in [-0.25, -0.2) is 0 Å². The molecular formula is C15H26O4. The molecule has 0 bridgehead atoms. The van der Waals surface area contributed by atoms with Gasteiger partial charge in [-0.15, -0.1) is 0 Å². The average molecular weight is 270 g/mol. The molecule has 19 heavy (non-hydrogen) atoms. The molecule has 0 aromatic rings. The van der Waals surface area contributed by atoms with Crippen LogP contribution in [0.4, 0.5) is 0 Å². The summed E-state index contributed by atoms with van der Waals surface area (Å²) in [5.41, 5.74) is -1.82. The van der Waals surface area contributed by atoms with E-state index in [1.807, 2.05) is 20.8 Å². The van der Waals surface area contributed by atoms with Crippen molar-refractivity contribution in [2.24, 2.45) is 16.7 Å². The topological polar surface area (TPSA) is 80.9 Å². The van der Waals surface area contributed by atoms with Crippen LogP contribution in [0.15, 0.2) is 11.6 Å². The van der Waals surface area contributed by atoms with Crippen LogP contribution in [0.25, 0.3) is 0 Å². The summed E-state index contributed by atoms with van der Waals surface area (Å²) in [4.78, 5) is 0. The molecule has 2 aliphatic rings. The van der Waals surface area contributed by atoms with E-state index in [0.29, 0.717) is 18.4 Å². The second-order valence-corrected chi connectivity index (χ2v) is 7.30. The minimum Gasteiger partial charge on any atom is -0.393 e. The van der Waals surface area contributed by atoms with Crippen LogP contribution in [0.5, 0.6) is 0 Å². The normalized spacial score (nSPS) is 49.5. The van der Waals surface area contributed by atoms with E-state index in [1.165, 1.54) is 0 Å². The van der Waals surface area contributed by atoms with E-state index >= 15 is 0 Å². The zero-order chi connectivity index (χ0) is 14.6. The van der Waals surface area contributed by atoms with E-state index in [4.69, 9.17) is 0 Å². The third kappa shape index (κ3) is 1.88. The molecule has 0 aliphatic heterocycles. The van der Waals surface area contributed by atoms with Crippen LogP contribution in [-0.4, -0.2) is 44.8 Å². The van der Waals surface area contributed by atoms with Gasteiger partial charge in [-0.2, -0.15) is 0 Å². The molecule has 4 nitrogen and oxygen atoms in total. The minimum atomic E-state index is -1.38. The Kier molecular flexibility index (Phi) is 3.38. The molecular weight excluding hydrogens is 244 g/mol. The van der Waals surface area contributed by atoms with E-state index < -0.39 is 29.8 Å². The van der Waals surface area contributed by atoms with Gasteiger partial charge in [0.15, 0.2) is 0 Å². The molecule has 0 spiro atoms. The van der Waals surface area contributed by atoms with E-state index in [9.17, 15) is 20.4 Å². The number of aliphatic hydroxyl groups is 4. The van der Waals surface area contributed by atoms with Crippen molar-refractivity contribution in [2.45, 2.75) is 58.3 Å². The largest absolute Gasteiger partial charge is 0.393 e. The summed E-state index contributed by atoms with van der Waals surface area (Å²) >= 11 is 0. The Hall–Kier alpha value is -0.420. The Labute approximate surface area is 114 Å². The Morgan fingerprint density at radius 1 is 1.21 bits per heavy atom. The number of hydrogen-bond acceptors (Lipinski definition) is 4. The molecule has 0 aromatic carbocycles. The fraction of sp³-hybridized carbons (Fsp3) is 0.867. The molecule has 0 heterocycles. The van der Waals surface area contributed by atoms with Crippen molar-refractivity contribution in [3.05, 3.63) is 11.6 Å². The van der Waals surface area contributed by atoms with Gasteiger partial charge in [0.25, 0.3) is 0 Å². The molecule has 5 atom stereocenters. The van der Waals surface area contributed by atoms with Gasteiger partial charge in [-0.3, -0.25) is 0 Å². The van der Waals surface area contributed by atoms with Crippen molar-refractivity contribution >= 4 is 0 Å². The first-order valence-electron chi connectivity index (χ1n) is 6.97. The first-order valence-corrected chi connectivity index (χ1v) is 6.97. The molecule has 0 unspecified atom stereocenters. The maximum absolute atomic E-state index is 10.9. The lowest BCUT2D eigenvalue weighted by Crippen LogP contribution is -2.66. The summed E-state index contributed by atoms with van der Waals surface area (Å²) in [5.74, 6) is -0.191. The molecule has 1 fully saturated rings. The number of aliphatic hydroxyl groups excluding tert-OH is 3. The third-order valence-corrected chi connectivity index (χ3v) is 5.54. The maximum Gasteiger partial charge on any atom is 0.114 e. The highest BCUT2D eigenvalue weighted by atomic mass is 16.3. The van der Waals surface area contributed by atoms with Gasteiger partial charge < -0.3 is 20.4 Å². The lowest BCUT2D eigenvalue weighted by molar-refractivity contribution is -0.205. The highest BCUT2D eigenvalue weighted by Gasteiger charge is 2.63.